The highest BCUT2D eigenvalue weighted by Crippen LogP contribution is 2.33. The van der Waals surface area contributed by atoms with Gasteiger partial charge in [0, 0.05) is 11.0 Å². The Balaban J connectivity index is 2.42. The molecule has 0 aliphatic carbocycles. The number of ether oxygens (including phenoxy) is 1. The van der Waals surface area contributed by atoms with E-state index in [4.69, 9.17) is 4.74 Å². The number of hydrogen-bond acceptors (Lipinski definition) is 3. The molecule has 0 aliphatic heterocycles. The van der Waals surface area contributed by atoms with Crippen molar-refractivity contribution in [2.24, 2.45) is 0 Å². The Kier molecular flexibility index (Phi) is 7.58. The van der Waals surface area contributed by atoms with Crippen LogP contribution in [0.5, 0.6) is 0 Å². The fourth-order valence-electron chi connectivity index (χ4n) is 1.79. The SMILES string of the molecule is CCCC(SCCC(=O)OCC)c1ccccc1. The van der Waals surface area contributed by atoms with Gasteiger partial charge in [-0.25, -0.2) is 0 Å². The van der Waals surface area contributed by atoms with E-state index in [0.717, 1.165) is 18.6 Å². The minimum absolute atomic E-state index is 0.0895. The molecule has 1 unspecified atom stereocenters. The number of hydrogen-bond donors (Lipinski definition) is 0. The van der Waals surface area contributed by atoms with Gasteiger partial charge < -0.3 is 4.74 Å². The van der Waals surface area contributed by atoms with E-state index in [2.05, 4.69) is 31.2 Å². The van der Waals surface area contributed by atoms with E-state index in [-0.39, 0.29) is 5.97 Å². The predicted molar refractivity (Wildman–Crippen MR) is 77.8 cm³/mol. The van der Waals surface area contributed by atoms with Crippen LogP contribution in [0.2, 0.25) is 0 Å². The first-order valence-corrected chi connectivity index (χ1v) is 7.65. The third kappa shape index (κ3) is 5.58. The molecular weight excluding hydrogens is 244 g/mol. The zero-order valence-electron chi connectivity index (χ0n) is 11.2. The van der Waals surface area contributed by atoms with Crippen molar-refractivity contribution in [1.29, 1.82) is 0 Å². The molecule has 0 saturated heterocycles. The van der Waals surface area contributed by atoms with Gasteiger partial charge in [-0.15, -0.1) is 0 Å². The molecule has 100 valence electrons. The molecule has 0 amide bonds. The molecule has 1 rings (SSSR count). The summed E-state index contributed by atoms with van der Waals surface area (Å²) >= 11 is 1.85. The lowest BCUT2D eigenvalue weighted by molar-refractivity contribution is -0.142. The molecule has 0 radical (unpaired) electrons. The molecule has 2 nitrogen and oxygen atoms in total. The first-order chi connectivity index (χ1) is 8.77. The number of esters is 1. The van der Waals surface area contributed by atoms with Crippen LogP contribution in [-0.2, 0) is 9.53 Å². The van der Waals surface area contributed by atoms with Gasteiger partial charge in [0.15, 0.2) is 0 Å². The Morgan fingerprint density at radius 2 is 2.00 bits per heavy atom. The second kappa shape index (κ2) is 9.03. The van der Waals surface area contributed by atoms with Gasteiger partial charge in [0.2, 0.25) is 0 Å². The van der Waals surface area contributed by atoms with E-state index >= 15 is 0 Å². The van der Waals surface area contributed by atoms with Crippen molar-refractivity contribution < 1.29 is 9.53 Å². The normalized spacial score (nSPS) is 12.1. The Labute approximate surface area is 114 Å². The minimum atomic E-state index is -0.0895. The summed E-state index contributed by atoms with van der Waals surface area (Å²) in [6, 6.07) is 10.5. The summed E-state index contributed by atoms with van der Waals surface area (Å²) in [7, 11) is 0. The largest absolute Gasteiger partial charge is 0.466 e. The van der Waals surface area contributed by atoms with E-state index in [1.54, 1.807) is 0 Å². The average molecular weight is 266 g/mol. The molecule has 0 saturated carbocycles. The summed E-state index contributed by atoms with van der Waals surface area (Å²) in [5, 5.41) is 0.491. The smallest absolute Gasteiger partial charge is 0.306 e. The number of thioether (sulfide) groups is 1. The minimum Gasteiger partial charge on any atom is -0.466 e. The molecule has 0 fully saturated rings. The summed E-state index contributed by atoms with van der Waals surface area (Å²) in [5.41, 5.74) is 1.35. The number of rotatable bonds is 8. The fraction of sp³-hybridized carbons (Fsp3) is 0.533. The van der Waals surface area contributed by atoms with E-state index in [1.807, 2.05) is 24.8 Å². The first-order valence-electron chi connectivity index (χ1n) is 6.60. The topological polar surface area (TPSA) is 26.3 Å². The lowest BCUT2D eigenvalue weighted by Crippen LogP contribution is -2.05. The summed E-state index contributed by atoms with van der Waals surface area (Å²) < 4.78 is 4.94. The molecule has 0 heterocycles. The monoisotopic (exact) mass is 266 g/mol. The van der Waals surface area contributed by atoms with Gasteiger partial charge in [0.25, 0.3) is 0 Å². The predicted octanol–water partition coefficient (Wildman–Crippen LogP) is 4.21. The third-order valence-corrected chi connectivity index (χ3v) is 4.00. The Morgan fingerprint density at radius 1 is 1.28 bits per heavy atom. The van der Waals surface area contributed by atoms with Crippen LogP contribution in [0.1, 0.15) is 43.9 Å². The molecule has 0 aromatic heterocycles. The highest BCUT2D eigenvalue weighted by molar-refractivity contribution is 7.99. The molecule has 3 heteroatoms. The van der Waals surface area contributed by atoms with Crippen LogP contribution < -0.4 is 0 Å². The van der Waals surface area contributed by atoms with Crippen LogP contribution in [0.4, 0.5) is 0 Å². The van der Waals surface area contributed by atoms with Crippen molar-refractivity contribution in [3.8, 4) is 0 Å². The Hall–Kier alpha value is -0.960. The van der Waals surface area contributed by atoms with Crippen molar-refractivity contribution in [3.05, 3.63) is 35.9 Å². The molecule has 0 spiro atoms. The zero-order chi connectivity index (χ0) is 13.2. The van der Waals surface area contributed by atoms with Gasteiger partial charge in [-0.2, -0.15) is 11.8 Å². The van der Waals surface area contributed by atoms with Crippen molar-refractivity contribution in [2.45, 2.75) is 38.4 Å². The van der Waals surface area contributed by atoms with Gasteiger partial charge >= 0.3 is 5.97 Å². The molecule has 18 heavy (non-hydrogen) atoms. The highest BCUT2D eigenvalue weighted by Gasteiger charge is 2.11. The van der Waals surface area contributed by atoms with Crippen LogP contribution >= 0.6 is 11.8 Å². The zero-order valence-corrected chi connectivity index (χ0v) is 12.0. The second-order valence-electron chi connectivity index (χ2n) is 4.11. The standard InChI is InChI=1S/C15H22O2S/c1-3-8-14(13-9-6-5-7-10-13)18-12-11-15(16)17-4-2/h5-7,9-10,14H,3-4,8,11-12H2,1-2H3. The van der Waals surface area contributed by atoms with E-state index in [1.165, 1.54) is 5.56 Å². The van der Waals surface area contributed by atoms with Crippen LogP contribution in [0, 0.1) is 0 Å². The summed E-state index contributed by atoms with van der Waals surface area (Å²) in [4.78, 5) is 11.3. The molecule has 0 N–H and O–H groups in total. The molecule has 0 aliphatic rings. The van der Waals surface area contributed by atoms with Gasteiger partial charge in [0.05, 0.1) is 13.0 Å². The summed E-state index contributed by atoms with van der Waals surface area (Å²) in [5.74, 6) is 0.742. The molecule has 0 bridgehead atoms. The van der Waals surface area contributed by atoms with Crippen molar-refractivity contribution >= 4 is 17.7 Å². The number of carbonyl (C=O) groups is 1. The quantitative estimate of drug-likeness (QED) is 0.659. The van der Waals surface area contributed by atoms with Crippen LogP contribution in [-0.4, -0.2) is 18.3 Å². The van der Waals surface area contributed by atoms with E-state index in [9.17, 15) is 4.79 Å². The maximum atomic E-state index is 11.3. The Bertz CT molecular complexity index is 338. The van der Waals surface area contributed by atoms with Crippen molar-refractivity contribution in [1.82, 2.24) is 0 Å². The molecule has 1 atom stereocenters. The third-order valence-electron chi connectivity index (χ3n) is 2.65. The van der Waals surface area contributed by atoms with Gasteiger partial charge in [0.1, 0.15) is 0 Å². The average Bonchev–Trinajstić information content (AvgIpc) is 2.39. The number of carbonyl (C=O) groups excluding carboxylic acids is 1. The first kappa shape index (κ1) is 15.1. The van der Waals surface area contributed by atoms with Gasteiger partial charge in [-0.1, -0.05) is 43.7 Å². The second-order valence-corrected chi connectivity index (χ2v) is 5.42. The van der Waals surface area contributed by atoms with Crippen molar-refractivity contribution in [2.75, 3.05) is 12.4 Å². The maximum absolute atomic E-state index is 11.3. The van der Waals surface area contributed by atoms with Crippen LogP contribution in [0.15, 0.2) is 30.3 Å². The lowest BCUT2D eigenvalue weighted by Gasteiger charge is -2.15. The highest BCUT2D eigenvalue weighted by atomic mass is 32.2. The summed E-state index contributed by atoms with van der Waals surface area (Å²) in [6.45, 7) is 4.51. The lowest BCUT2D eigenvalue weighted by atomic mass is 10.1. The fourth-order valence-corrected chi connectivity index (χ4v) is 3.11. The number of benzene rings is 1. The van der Waals surface area contributed by atoms with Crippen LogP contribution in [0.25, 0.3) is 0 Å². The molecule has 1 aromatic carbocycles. The van der Waals surface area contributed by atoms with Crippen LogP contribution in [0.3, 0.4) is 0 Å². The summed E-state index contributed by atoms with van der Waals surface area (Å²) in [6.07, 6.45) is 2.81. The van der Waals surface area contributed by atoms with Gasteiger partial charge in [-0.05, 0) is 18.9 Å². The van der Waals surface area contributed by atoms with Crippen molar-refractivity contribution in [3.63, 3.8) is 0 Å². The molecular formula is C15H22O2S. The van der Waals surface area contributed by atoms with Gasteiger partial charge in [-0.3, -0.25) is 4.79 Å². The molecule has 1 aromatic rings. The Morgan fingerprint density at radius 3 is 2.61 bits per heavy atom. The van der Waals surface area contributed by atoms with E-state index in [0.29, 0.717) is 18.3 Å². The van der Waals surface area contributed by atoms with E-state index < -0.39 is 0 Å². The maximum Gasteiger partial charge on any atom is 0.306 e.